The van der Waals surface area contributed by atoms with Gasteiger partial charge in [-0.3, -0.25) is 4.79 Å². The minimum Gasteiger partial charge on any atom is -0.382 e. The molecule has 196 valence electrons. The molecule has 0 aliphatic heterocycles. The third-order valence-electron chi connectivity index (χ3n) is 3.57. The van der Waals surface area contributed by atoms with Crippen molar-refractivity contribution in [2.24, 2.45) is 5.41 Å². The third kappa shape index (κ3) is 34.1. The maximum Gasteiger partial charge on any atom is 0.220 e. The Kier molecular flexibility index (Phi) is 41.6. The van der Waals surface area contributed by atoms with Gasteiger partial charge < -0.3 is 29.0 Å². The van der Waals surface area contributed by atoms with Gasteiger partial charge in [-0.2, -0.15) is 0 Å². The number of carbonyl (C=O) groups excluding carboxylic acids is 1. The first-order valence-corrected chi connectivity index (χ1v) is 9.40. The Morgan fingerprint density at radius 3 is 1.84 bits per heavy atom. The van der Waals surface area contributed by atoms with E-state index in [9.17, 15) is 4.79 Å². The van der Waals surface area contributed by atoms with Crippen LogP contribution < -0.4 is 5.32 Å². The maximum atomic E-state index is 11.7. The molecule has 7 heteroatoms. The molecule has 0 bridgehead atoms. The van der Waals surface area contributed by atoms with E-state index in [4.69, 9.17) is 23.7 Å². The normalized spacial score (nSPS) is 10.9. The standard InChI is InChI=1S/C19H39NO6.5CH4/c1-19(2,3)8-7-18(21)20-9-6-10-24-15-17(26-14-12-23-5)16-25-13-11-22-4;;;;;/h17H,6-16H2,1-5H3,(H,20,21);5*1H4. The van der Waals surface area contributed by atoms with Gasteiger partial charge in [-0.15, -0.1) is 0 Å². The Balaban J connectivity index is -0.000000312. The number of ether oxygens (including phenoxy) is 5. The Bertz CT molecular complexity index is 335. The molecule has 1 atom stereocenters. The average Bonchev–Trinajstić information content (AvgIpc) is 2.58. The van der Waals surface area contributed by atoms with Gasteiger partial charge in [0.2, 0.25) is 5.91 Å². The first kappa shape index (κ1) is 44.0. The van der Waals surface area contributed by atoms with Gasteiger partial charge in [-0.05, 0) is 18.3 Å². The van der Waals surface area contributed by atoms with Crippen LogP contribution in [0.3, 0.4) is 0 Å². The van der Waals surface area contributed by atoms with Crippen molar-refractivity contribution in [1.29, 1.82) is 0 Å². The highest BCUT2D eigenvalue weighted by Gasteiger charge is 2.13. The van der Waals surface area contributed by atoms with Gasteiger partial charge in [0.1, 0.15) is 6.10 Å². The minimum absolute atomic E-state index is 0. The van der Waals surface area contributed by atoms with Crippen molar-refractivity contribution in [2.75, 3.05) is 67.0 Å². The second-order valence-electron chi connectivity index (χ2n) is 7.39. The molecule has 0 heterocycles. The van der Waals surface area contributed by atoms with Gasteiger partial charge in [-0.25, -0.2) is 0 Å². The summed E-state index contributed by atoms with van der Waals surface area (Å²) < 4.78 is 26.8. The lowest BCUT2D eigenvalue weighted by atomic mass is 9.90. The zero-order valence-electron chi connectivity index (χ0n) is 17.3. The predicted molar refractivity (Wildman–Crippen MR) is 135 cm³/mol. The van der Waals surface area contributed by atoms with E-state index in [0.717, 1.165) is 12.8 Å². The molecule has 0 saturated heterocycles. The molecule has 0 aromatic heterocycles. The summed E-state index contributed by atoms with van der Waals surface area (Å²) in [6, 6.07) is 0. The lowest BCUT2D eigenvalue weighted by molar-refractivity contribution is -0.121. The summed E-state index contributed by atoms with van der Waals surface area (Å²) in [6.07, 6.45) is 2.09. The van der Waals surface area contributed by atoms with Crippen LogP contribution in [0.15, 0.2) is 0 Å². The summed E-state index contributed by atoms with van der Waals surface area (Å²) >= 11 is 0. The minimum atomic E-state index is -0.136. The number of nitrogens with one attached hydrogen (secondary N) is 1. The molecule has 1 amide bonds. The summed E-state index contributed by atoms with van der Waals surface area (Å²) in [6.45, 7) is 10.6. The number of hydrogen-bond donors (Lipinski definition) is 1. The van der Waals surface area contributed by atoms with Crippen LogP contribution in [0, 0.1) is 5.41 Å². The molecule has 0 spiro atoms. The fourth-order valence-corrected chi connectivity index (χ4v) is 1.99. The molecule has 1 unspecified atom stereocenters. The van der Waals surface area contributed by atoms with E-state index >= 15 is 0 Å². The van der Waals surface area contributed by atoms with Gasteiger partial charge in [-0.1, -0.05) is 57.9 Å². The van der Waals surface area contributed by atoms with Crippen molar-refractivity contribution in [3.8, 4) is 0 Å². The molecule has 0 radical (unpaired) electrons. The molecule has 0 rings (SSSR count). The van der Waals surface area contributed by atoms with Gasteiger partial charge in [0, 0.05) is 33.8 Å². The Hall–Kier alpha value is -0.730. The van der Waals surface area contributed by atoms with Crippen LogP contribution in [0.5, 0.6) is 0 Å². The lowest BCUT2D eigenvalue weighted by Gasteiger charge is -2.18. The van der Waals surface area contributed by atoms with E-state index in [0.29, 0.717) is 59.2 Å². The van der Waals surface area contributed by atoms with E-state index < -0.39 is 0 Å². The quantitative estimate of drug-likeness (QED) is 0.302. The van der Waals surface area contributed by atoms with Gasteiger partial charge >= 0.3 is 0 Å². The van der Waals surface area contributed by atoms with E-state index in [-0.39, 0.29) is 54.6 Å². The fourth-order valence-electron chi connectivity index (χ4n) is 1.99. The van der Waals surface area contributed by atoms with Crippen LogP contribution in [0.1, 0.15) is 77.2 Å². The smallest absolute Gasteiger partial charge is 0.220 e. The van der Waals surface area contributed by atoms with Crippen LogP contribution in [-0.4, -0.2) is 79.0 Å². The Morgan fingerprint density at radius 1 is 0.806 bits per heavy atom. The molecule has 0 aromatic carbocycles. The van der Waals surface area contributed by atoms with E-state index in [1.807, 2.05) is 0 Å². The second-order valence-corrected chi connectivity index (χ2v) is 7.39. The molecular weight excluding hydrogens is 398 g/mol. The molecule has 0 aliphatic rings. The van der Waals surface area contributed by atoms with E-state index in [1.165, 1.54) is 0 Å². The van der Waals surface area contributed by atoms with Crippen molar-refractivity contribution in [2.45, 2.75) is 83.3 Å². The van der Waals surface area contributed by atoms with Crippen LogP contribution >= 0.6 is 0 Å². The molecule has 31 heavy (non-hydrogen) atoms. The Morgan fingerprint density at radius 2 is 1.32 bits per heavy atom. The summed E-state index contributed by atoms with van der Waals surface area (Å²) in [4.78, 5) is 11.7. The highest BCUT2D eigenvalue weighted by Crippen LogP contribution is 2.20. The Labute approximate surface area is 195 Å². The molecule has 0 fully saturated rings. The topological polar surface area (TPSA) is 75.2 Å². The van der Waals surface area contributed by atoms with Crippen LogP contribution in [0.25, 0.3) is 0 Å². The molecule has 0 saturated carbocycles. The molecule has 7 nitrogen and oxygen atoms in total. The van der Waals surface area contributed by atoms with Crippen molar-refractivity contribution in [3.63, 3.8) is 0 Å². The molecule has 0 aromatic rings. The summed E-state index contributed by atoms with van der Waals surface area (Å²) in [5, 5.41) is 2.93. The summed E-state index contributed by atoms with van der Waals surface area (Å²) in [5.41, 5.74) is 0.184. The number of hydrogen-bond acceptors (Lipinski definition) is 6. The molecule has 0 aliphatic carbocycles. The molecular formula is C24H59NO6. The fraction of sp³-hybridized carbons (Fsp3) is 0.958. The van der Waals surface area contributed by atoms with Crippen LogP contribution in [-0.2, 0) is 28.5 Å². The number of rotatable bonds is 17. The molecule has 1 N–H and O–H groups in total. The zero-order chi connectivity index (χ0) is 19.7. The lowest BCUT2D eigenvalue weighted by Crippen LogP contribution is -2.29. The van der Waals surface area contributed by atoms with Gasteiger partial charge in [0.05, 0.1) is 39.6 Å². The van der Waals surface area contributed by atoms with Gasteiger partial charge in [0.25, 0.3) is 0 Å². The summed E-state index contributed by atoms with van der Waals surface area (Å²) in [5.74, 6) is 0.104. The number of amides is 1. The number of methoxy groups -OCH3 is 2. The largest absolute Gasteiger partial charge is 0.382 e. The van der Waals surface area contributed by atoms with Crippen molar-refractivity contribution in [1.82, 2.24) is 5.32 Å². The van der Waals surface area contributed by atoms with E-state index in [2.05, 4.69) is 26.1 Å². The zero-order valence-corrected chi connectivity index (χ0v) is 17.3. The van der Waals surface area contributed by atoms with E-state index in [1.54, 1.807) is 14.2 Å². The first-order valence-electron chi connectivity index (χ1n) is 9.40. The van der Waals surface area contributed by atoms with Crippen molar-refractivity contribution < 1.29 is 28.5 Å². The SMILES string of the molecule is C.C.C.C.C.COCCOCC(COCCCNC(=O)CCC(C)(C)C)OCCOC. The number of carbonyl (C=O) groups is 1. The predicted octanol–water partition coefficient (Wildman–Crippen LogP) is 5.21. The first-order chi connectivity index (χ1) is 12.4. The van der Waals surface area contributed by atoms with Crippen LogP contribution in [0.4, 0.5) is 0 Å². The monoisotopic (exact) mass is 457 g/mol. The van der Waals surface area contributed by atoms with Crippen molar-refractivity contribution >= 4 is 5.91 Å². The highest BCUT2D eigenvalue weighted by atomic mass is 16.6. The van der Waals surface area contributed by atoms with Gasteiger partial charge in [0.15, 0.2) is 0 Å². The van der Waals surface area contributed by atoms with Crippen molar-refractivity contribution in [3.05, 3.63) is 0 Å². The average molecular weight is 458 g/mol. The van der Waals surface area contributed by atoms with Crippen LogP contribution in [0.2, 0.25) is 0 Å². The maximum absolute atomic E-state index is 11.7. The second kappa shape index (κ2) is 29.3. The highest BCUT2D eigenvalue weighted by molar-refractivity contribution is 5.75. The third-order valence-corrected chi connectivity index (χ3v) is 3.57. The summed E-state index contributed by atoms with van der Waals surface area (Å²) in [7, 11) is 3.28.